The number of hydrogen-bond acceptors (Lipinski definition) is 8. The maximum atomic E-state index is 14.6. The number of rotatable bonds is 12. The summed E-state index contributed by atoms with van der Waals surface area (Å²) in [6.45, 7) is 16.6. The quantitative estimate of drug-likeness (QED) is 0.148. The van der Waals surface area contributed by atoms with Gasteiger partial charge in [0.25, 0.3) is 14.2 Å². The summed E-state index contributed by atoms with van der Waals surface area (Å²) < 4.78 is 16.1. The molecular formula is C37H53Cl3N4O7Si. The number of carbonyl (C=O) groups is 4. The lowest BCUT2D eigenvalue weighted by molar-refractivity contribution is -0.153. The predicted octanol–water partition coefficient (Wildman–Crippen LogP) is 5.39. The van der Waals surface area contributed by atoms with Crippen molar-refractivity contribution in [1.82, 2.24) is 21.1 Å². The third-order valence-electron chi connectivity index (χ3n) is 8.55. The molecule has 0 bridgehead atoms. The summed E-state index contributed by atoms with van der Waals surface area (Å²) in [5.74, 6) is -2.21. The Kier molecular flexibility index (Phi) is 15.0. The molecule has 2 aromatic carbocycles. The molecule has 15 heteroatoms. The van der Waals surface area contributed by atoms with Crippen LogP contribution in [0.15, 0.2) is 60.7 Å². The first kappa shape index (κ1) is 43.5. The number of hydrogen-bond donors (Lipinski definition) is 3. The smallest absolute Gasteiger partial charge is 0.408 e. The number of halogens is 3. The summed E-state index contributed by atoms with van der Waals surface area (Å²) in [5.41, 5.74) is 2.16. The molecule has 4 atom stereocenters. The van der Waals surface area contributed by atoms with E-state index in [0.29, 0.717) is 12.8 Å². The van der Waals surface area contributed by atoms with Crippen molar-refractivity contribution in [2.24, 2.45) is 5.92 Å². The third kappa shape index (κ3) is 11.8. The molecule has 0 radical (unpaired) electrons. The Morgan fingerprint density at radius 3 is 1.87 bits per heavy atom. The van der Waals surface area contributed by atoms with Gasteiger partial charge in [0.15, 0.2) is 0 Å². The number of benzene rings is 2. The molecule has 1 aliphatic heterocycles. The van der Waals surface area contributed by atoms with Crippen molar-refractivity contribution >= 4 is 77.4 Å². The second-order valence-electron chi connectivity index (χ2n) is 15.4. The molecular weight excluding hydrogens is 747 g/mol. The number of hydrazine groups is 1. The van der Waals surface area contributed by atoms with Gasteiger partial charge in [-0.3, -0.25) is 19.4 Å². The van der Waals surface area contributed by atoms with E-state index in [2.05, 4.69) is 36.8 Å². The van der Waals surface area contributed by atoms with Gasteiger partial charge in [-0.2, -0.15) is 0 Å². The molecule has 1 saturated heterocycles. The van der Waals surface area contributed by atoms with Gasteiger partial charge in [0, 0.05) is 6.54 Å². The van der Waals surface area contributed by atoms with Crippen LogP contribution >= 0.6 is 34.8 Å². The molecule has 4 unspecified atom stereocenters. The zero-order valence-corrected chi connectivity index (χ0v) is 34.7. The van der Waals surface area contributed by atoms with Crippen LogP contribution in [0.1, 0.15) is 75.2 Å². The zero-order chi connectivity index (χ0) is 39.1. The first-order chi connectivity index (χ1) is 24.1. The van der Waals surface area contributed by atoms with Crippen molar-refractivity contribution in [3.63, 3.8) is 0 Å². The monoisotopic (exact) mass is 798 g/mol. The second kappa shape index (κ2) is 18.0. The van der Waals surface area contributed by atoms with Crippen LogP contribution in [-0.4, -0.2) is 84.0 Å². The molecule has 3 N–H and O–H groups in total. The van der Waals surface area contributed by atoms with Gasteiger partial charge >= 0.3 is 12.1 Å². The summed E-state index contributed by atoms with van der Waals surface area (Å²) >= 11 is 17.4. The van der Waals surface area contributed by atoms with Crippen LogP contribution in [0, 0.1) is 5.92 Å². The van der Waals surface area contributed by atoms with E-state index in [-0.39, 0.29) is 12.5 Å². The molecule has 1 aliphatic rings. The van der Waals surface area contributed by atoms with Gasteiger partial charge in [0.05, 0.1) is 6.10 Å². The molecule has 52 heavy (non-hydrogen) atoms. The predicted molar refractivity (Wildman–Crippen MR) is 207 cm³/mol. The lowest BCUT2D eigenvalue weighted by Gasteiger charge is -2.46. The minimum absolute atomic E-state index is 0.231. The maximum Gasteiger partial charge on any atom is 0.408 e. The van der Waals surface area contributed by atoms with Crippen molar-refractivity contribution in [2.45, 2.75) is 114 Å². The molecule has 3 rings (SSSR count). The van der Waals surface area contributed by atoms with Crippen LogP contribution in [0.25, 0.3) is 0 Å². The highest BCUT2D eigenvalue weighted by molar-refractivity contribution is 6.99. The molecule has 0 saturated carbocycles. The van der Waals surface area contributed by atoms with Crippen LogP contribution in [0.4, 0.5) is 4.79 Å². The van der Waals surface area contributed by atoms with Gasteiger partial charge in [-0.15, -0.1) is 0 Å². The fraction of sp³-hybridized carbons (Fsp3) is 0.568. The molecule has 2 aromatic rings. The summed E-state index contributed by atoms with van der Waals surface area (Å²) in [7, 11) is -3.23. The number of ether oxygens (including phenoxy) is 2. The first-order valence-corrected chi connectivity index (χ1v) is 20.5. The van der Waals surface area contributed by atoms with Crippen molar-refractivity contribution in [3.8, 4) is 0 Å². The highest BCUT2D eigenvalue weighted by atomic mass is 35.6. The number of alkyl carbamates (subject to hydrolysis) is 1. The first-order valence-electron chi connectivity index (χ1n) is 17.5. The zero-order valence-electron chi connectivity index (χ0n) is 31.4. The Bertz CT molecular complexity index is 1480. The largest absolute Gasteiger partial charge is 0.460 e. The Labute approximate surface area is 323 Å². The second-order valence-corrected chi connectivity index (χ2v) is 22.1. The van der Waals surface area contributed by atoms with Crippen LogP contribution in [0.2, 0.25) is 5.04 Å². The van der Waals surface area contributed by atoms with Crippen molar-refractivity contribution in [3.05, 3.63) is 60.7 Å². The number of esters is 1. The Balaban J connectivity index is 2.07. The summed E-state index contributed by atoms with van der Waals surface area (Å²) in [5, 5.41) is 8.41. The molecule has 0 spiro atoms. The Hall–Kier alpha value is -2.87. The van der Waals surface area contributed by atoms with Crippen LogP contribution in [0.5, 0.6) is 0 Å². The molecule has 3 amide bonds. The van der Waals surface area contributed by atoms with Gasteiger partial charge in [-0.05, 0) is 61.9 Å². The van der Waals surface area contributed by atoms with E-state index in [1.54, 1.807) is 41.5 Å². The van der Waals surface area contributed by atoms with Crippen LogP contribution < -0.4 is 26.4 Å². The highest BCUT2D eigenvalue weighted by Gasteiger charge is 2.52. The van der Waals surface area contributed by atoms with Gasteiger partial charge in [-0.1, -0.05) is 130 Å². The fourth-order valence-corrected chi connectivity index (χ4v) is 11.0. The van der Waals surface area contributed by atoms with Crippen LogP contribution in [0.3, 0.4) is 0 Å². The SMILES string of the molecule is CC(C)C(NC(=O)OC(C)(C)C)C(=O)NC(C(=O)N1CCCC(C(=O)OCC(Cl)(Cl)Cl)N1)C(C)O[Si](c1ccccc1)(c1ccccc1)C(C)(C)C. The van der Waals surface area contributed by atoms with E-state index < -0.39 is 77.5 Å². The van der Waals surface area contributed by atoms with Gasteiger partial charge in [0.1, 0.15) is 30.3 Å². The topological polar surface area (TPSA) is 135 Å². The number of alkyl halides is 3. The van der Waals surface area contributed by atoms with Crippen molar-refractivity contribution in [1.29, 1.82) is 0 Å². The number of nitrogens with zero attached hydrogens (tertiary/aromatic N) is 1. The van der Waals surface area contributed by atoms with E-state index in [9.17, 15) is 19.2 Å². The molecule has 1 heterocycles. The van der Waals surface area contributed by atoms with Crippen molar-refractivity contribution in [2.75, 3.05) is 13.2 Å². The van der Waals surface area contributed by atoms with Gasteiger partial charge in [0.2, 0.25) is 9.70 Å². The Morgan fingerprint density at radius 1 is 0.865 bits per heavy atom. The van der Waals surface area contributed by atoms with E-state index in [0.717, 1.165) is 10.4 Å². The third-order valence-corrected chi connectivity index (χ3v) is 14.0. The average molecular weight is 800 g/mol. The summed E-state index contributed by atoms with van der Waals surface area (Å²) in [6, 6.07) is 16.6. The molecule has 1 fully saturated rings. The summed E-state index contributed by atoms with van der Waals surface area (Å²) in [6.07, 6.45) is -0.862. The van der Waals surface area contributed by atoms with Crippen molar-refractivity contribution < 1.29 is 33.1 Å². The average Bonchev–Trinajstić information content (AvgIpc) is 3.06. The fourth-order valence-electron chi connectivity index (χ4n) is 6.17. The highest BCUT2D eigenvalue weighted by Crippen LogP contribution is 2.38. The minimum Gasteiger partial charge on any atom is -0.460 e. The molecule has 0 aromatic heterocycles. The van der Waals surface area contributed by atoms with Gasteiger partial charge < -0.3 is 24.5 Å². The lowest BCUT2D eigenvalue weighted by Crippen LogP contribution is -2.70. The van der Waals surface area contributed by atoms with E-state index in [1.807, 2.05) is 60.7 Å². The minimum atomic E-state index is -3.23. The molecule has 288 valence electrons. The maximum absolute atomic E-state index is 14.6. The molecule has 11 nitrogen and oxygen atoms in total. The number of nitrogens with one attached hydrogen (secondary N) is 3. The van der Waals surface area contributed by atoms with E-state index in [1.165, 1.54) is 5.01 Å². The van der Waals surface area contributed by atoms with E-state index in [4.69, 9.17) is 48.7 Å². The van der Waals surface area contributed by atoms with E-state index >= 15 is 0 Å². The van der Waals surface area contributed by atoms with Crippen LogP contribution in [-0.2, 0) is 28.3 Å². The lowest BCUT2D eigenvalue weighted by atomic mass is 10.0. The Morgan fingerprint density at radius 2 is 1.40 bits per heavy atom. The normalized spacial score (nSPS) is 17.5. The number of carbonyl (C=O) groups excluding carboxylic acids is 4. The number of amides is 3. The molecule has 0 aliphatic carbocycles. The summed E-state index contributed by atoms with van der Waals surface area (Å²) in [4.78, 5) is 54.5. The van der Waals surface area contributed by atoms with Gasteiger partial charge in [-0.25, -0.2) is 10.2 Å². The standard InChI is InChI=1S/C37H53Cl3N4O7Si/c1-24(2)29(42-34(48)50-35(4,5)6)31(45)41-30(32(46)44-22-16-21-28(43-44)33(47)49-23-37(38,39)40)25(3)51-52(36(7,8)9,26-17-12-10-13-18-26)27-19-14-11-15-20-27/h10-15,17-20,24-25,28-30,43H,16,21-23H2,1-9H3,(H,41,45)(H,42,48).